The van der Waals surface area contributed by atoms with Crippen LogP contribution in [0.2, 0.25) is 0 Å². The summed E-state index contributed by atoms with van der Waals surface area (Å²) in [7, 11) is 0. The number of nitrogens with zero attached hydrogens (tertiary/aromatic N) is 1. The minimum Gasteiger partial charge on any atom is -0.465 e. The summed E-state index contributed by atoms with van der Waals surface area (Å²) in [6.45, 7) is 7.66. The Hall–Kier alpha value is -3.96. The van der Waals surface area contributed by atoms with Gasteiger partial charge >= 0.3 is 6.09 Å². The molecule has 1 saturated heterocycles. The fraction of sp³-hybridized carbons (Fsp3) is 0.538. The topological polar surface area (TPSA) is 195 Å². The Kier molecular flexibility index (Phi) is 10.8. The third-order valence-electron chi connectivity index (χ3n) is 6.60. The van der Waals surface area contributed by atoms with Crippen molar-refractivity contribution >= 4 is 35.4 Å². The lowest BCUT2D eigenvalue weighted by molar-refractivity contribution is -0.153. The van der Waals surface area contributed by atoms with Crippen molar-refractivity contribution in [1.82, 2.24) is 20.9 Å². The van der Waals surface area contributed by atoms with Crippen LogP contribution in [0.15, 0.2) is 24.3 Å². The molecule has 0 bridgehead atoms. The normalized spacial score (nSPS) is 15.6. The van der Waals surface area contributed by atoms with Crippen molar-refractivity contribution in [2.24, 2.45) is 23.5 Å². The zero-order valence-electron chi connectivity index (χ0n) is 22.2. The summed E-state index contributed by atoms with van der Waals surface area (Å²) in [4.78, 5) is 63.7. The highest BCUT2D eigenvalue weighted by Gasteiger charge is 2.41. The number of hydrogen-bond acceptors (Lipinski definition) is 6. The first-order chi connectivity index (χ1) is 17.8. The molecule has 1 aliphatic rings. The maximum absolute atomic E-state index is 13.1. The first-order valence-electron chi connectivity index (χ1n) is 12.7. The van der Waals surface area contributed by atoms with Gasteiger partial charge < -0.3 is 31.7 Å². The maximum atomic E-state index is 13.1. The van der Waals surface area contributed by atoms with Gasteiger partial charge in [-0.1, -0.05) is 58.4 Å². The van der Waals surface area contributed by atoms with E-state index in [1.807, 2.05) is 20.8 Å². The number of carboxylic acid groups (broad SMARTS) is 1. The van der Waals surface area contributed by atoms with E-state index < -0.39 is 41.7 Å². The van der Waals surface area contributed by atoms with Gasteiger partial charge in [0.2, 0.25) is 17.6 Å². The Morgan fingerprint density at radius 3 is 2.18 bits per heavy atom. The number of hydrogen-bond donors (Lipinski definition) is 6. The first-order valence-corrected chi connectivity index (χ1v) is 12.7. The number of likely N-dealkylation sites (tertiary alicyclic amines) is 1. The van der Waals surface area contributed by atoms with Crippen LogP contribution in [-0.4, -0.2) is 70.6 Å². The second kappa shape index (κ2) is 13.5. The zero-order valence-corrected chi connectivity index (χ0v) is 22.2. The number of carbonyl (C=O) groups excluding carboxylic acids is 4. The Morgan fingerprint density at radius 1 is 1.08 bits per heavy atom. The molecule has 4 amide bonds. The van der Waals surface area contributed by atoms with Crippen molar-refractivity contribution in [2.45, 2.75) is 59.2 Å². The molecule has 1 aliphatic heterocycles. The molecular weight excluding hydrogens is 492 g/mol. The SMILES string of the molecule is CC[C@H](C)C(NC(=O)[C@H](CC(C)C)NC(=O)O)C(=O)C(=O)N1CC(C(=O)NCc2ccc(C(=N)N)cc2)C1. The summed E-state index contributed by atoms with van der Waals surface area (Å²) < 4.78 is 0. The highest BCUT2D eigenvalue weighted by atomic mass is 16.4. The number of rotatable bonds is 13. The van der Waals surface area contributed by atoms with Crippen LogP contribution in [-0.2, 0) is 25.7 Å². The van der Waals surface area contributed by atoms with Crippen LogP contribution in [0.1, 0.15) is 51.7 Å². The molecule has 0 spiro atoms. The van der Waals surface area contributed by atoms with Crippen molar-refractivity contribution in [3.63, 3.8) is 0 Å². The standard InChI is InChI=1S/C26H38N6O6/c1-5-15(4)20(31-24(35)19(10-14(2)3)30-26(37)38)21(33)25(36)32-12-18(13-32)23(34)29-11-16-6-8-17(9-7-16)22(27)28/h6-9,14-15,18-20,30H,5,10-13H2,1-4H3,(H3,27,28)(H,29,34)(H,31,35)(H,37,38)/t15-,19-,20?/m0/s1. The van der Waals surface area contributed by atoms with Gasteiger partial charge in [0.05, 0.1) is 12.0 Å². The van der Waals surface area contributed by atoms with Gasteiger partial charge in [0, 0.05) is 25.2 Å². The predicted molar refractivity (Wildman–Crippen MR) is 140 cm³/mol. The molecule has 1 aromatic rings. The van der Waals surface area contributed by atoms with E-state index in [4.69, 9.17) is 16.2 Å². The van der Waals surface area contributed by atoms with E-state index in [9.17, 15) is 24.0 Å². The molecule has 38 heavy (non-hydrogen) atoms. The van der Waals surface area contributed by atoms with Gasteiger partial charge in [-0.15, -0.1) is 0 Å². The van der Waals surface area contributed by atoms with Crippen LogP contribution in [0.25, 0.3) is 0 Å². The number of benzene rings is 1. The quantitative estimate of drug-likeness (QED) is 0.123. The van der Waals surface area contributed by atoms with E-state index in [1.165, 1.54) is 4.90 Å². The average Bonchev–Trinajstić information content (AvgIpc) is 2.83. The van der Waals surface area contributed by atoms with Gasteiger partial charge in [0.15, 0.2) is 0 Å². The second-order valence-corrected chi connectivity index (χ2v) is 10.1. The molecule has 0 saturated carbocycles. The molecule has 1 fully saturated rings. The fourth-order valence-electron chi connectivity index (χ4n) is 4.04. The minimum atomic E-state index is -1.36. The van der Waals surface area contributed by atoms with Gasteiger partial charge in [0.25, 0.3) is 5.91 Å². The third-order valence-corrected chi connectivity index (χ3v) is 6.60. The number of carbonyl (C=O) groups is 5. The third kappa shape index (κ3) is 8.29. The maximum Gasteiger partial charge on any atom is 0.405 e. The number of ketones is 1. The van der Waals surface area contributed by atoms with Crippen LogP contribution in [0, 0.1) is 23.2 Å². The largest absolute Gasteiger partial charge is 0.465 e. The number of amides is 4. The monoisotopic (exact) mass is 530 g/mol. The first kappa shape index (κ1) is 30.3. The summed E-state index contributed by atoms with van der Waals surface area (Å²) in [5.74, 6) is -3.35. The molecule has 12 heteroatoms. The lowest BCUT2D eigenvalue weighted by Crippen LogP contribution is -2.61. The van der Waals surface area contributed by atoms with Crippen molar-refractivity contribution in [2.75, 3.05) is 13.1 Å². The van der Waals surface area contributed by atoms with Gasteiger partial charge in [-0.2, -0.15) is 0 Å². The molecule has 0 aliphatic carbocycles. The highest BCUT2D eigenvalue weighted by molar-refractivity contribution is 6.38. The fourth-order valence-corrected chi connectivity index (χ4v) is 4.04. The van der Waals surface area contributed by atoms with Crippen molar-refractivity contribution in [3.05, 3.63) is 35.4 Å². The van der Waals surface area contributed by atoms with Crippen LogP contribution in [0.3, 0.4) is 0 Å². The van der Waals surface area contributed by atoms with Crippen molar-refractivity contribution in [1.29, 1.82) is 5.41 Å². The van der Waals surface area contributed by atoms with Gasteiger partial charge in [-0.25, -0.2) is 4.79 Å². The summed E-state index contributed by atoms with van der Waals surface area (Å²) in [6.07, 6.45) is -0.618. The number of Topliss-reactive ketones (excluding diaryl/α,β-unsaturated/α-hetero) is 1. The summed E-state index contributed by atoms with van der Waals surface area (Å²) in [5.41, 5.74) is 6.84. The Labute approximate surface area is 222 Å². The molecule has 7 N–H and O–H groups in total. The van der Waals surface area contributed by atoms with E-state index >= 15 is 0 Å². The van der Waals surface area contributed by atoms with E-state index in [2.05, 4.69) is 16.0 Å². The number of nitrogens with one attached hydrogen (secondary N) is 4. The predicted octanol–water partition coefficient (Wildman–Crippen LogP) is 0.828. The summed E-state index contributed by atoms with van der Waals surface area (Å²) in [6, 6.07) is 4.72. The van der Waals surface area contributed by atoms with Crippen molar-refractivity contribution < 1.29 is 29.1 Å². The van der Waals surface area contributed by atoms with Crippen LogP contribution < -0.4 is 21.7 Å². The molecule has 208 valence electrons. The lowest BCUT2D eigenvalue weighted by atomic mass is 9.91. The second-order valence-electron chi connectivity index (χ2n) is 10.1. The molecule has 1 heterocycles. The smallest absolute Gasteiger partial charge is 0.405 e. The molecule has 3 atom stereocenters. The van der Waals surface area contributed by atoms with E-state index in [-0.39, 0.29) is 49.6 Å². The molecular formula is C26H38N6O6. The van der Waals surface area contributed by atoms with Gasteiger partial charge in [0.1, 0.15) is 11.9 Å². The van der Waals surface area contributed by atoms with Crippen molar-refractivity contribution in [3.8, 4) is 0 Å². The molecule has 2 rings (SSSR count). The Balaban J connectivity index is 1.94. The zero-order chi connectivity index (χ0) is 28.6. The highest BCUT2D eigenvalue weighted by Crippen LogP contribution is 2.19. The number of nitrogens with two attached hydrogens (primary N) is 1. The van der Waals surface area contributed by atoms with E-state index in [0.717, 1.165) is 5.56 Å². The number of nitrogen functional groups attached to an aromatic ring is 1. The molecule has 12 nitrogen and oxygen atoms in total. The van der Waals surface area contributed by atoms with Gasteiger partial charge in [-0.05, 0) is 23.8 Å². The Bertz CT molecular complexity index is 1050. The average molecular weight is 531 g/mol. The Morgan fingerprint density at radius 2 is 1.68 bits per heavy atom. The molecule has 1 unspecified atom stereocenters. The molecule has 0 aromatic heterocycles. The summed E-state index contributed by atoms with van der Waals surface area (Å²) in [5, 5.41) is 24.1. The number of amidine groups is 1. The minimum absolute atomic E-state index is 0.0149. The van der Waals surface area contributed by atoms with Crippen LogP contribution in [0.5, 0.6) is 0 Å². The van der Waals surface area contributed by atoms with Crippen LogP contribution >= 0.6 is 0 Å². The van der Waals surface area contributed by atoms with E-state index in [0.29, 0.717) is 12.0 Å². The van der Waals surface area contributed by atoms with E-state index in [1.54, 1.807) is 31.2 Å². The van der Waals surface area contributed by atoms with Gasteiger partial charge in [-0.3, -0.25) is 24.6 Å². The lowest BCUT2D eigenvalue weighted by Gasteiger charge is -2.38. The molecule has 1 aromatic carbocycles. The summed E-state index contributed by atoms with van der Waals surface area (Å²) >= 11 is 0. The van der Waals surface area contributed by atoms with Crippen LogP contribution in [0.4, 0.5) is 4.79 Å². The molecule has 0 radical (unpaired) electrons.